The zero-order chi connectivity index (χ0) is 11.9. The Bertz CT molecular complexity index is 526. The molecule has 0 radical (unpaired) electrons. The Balaban J connectivity index is 2.05. The van der Waals surface area contributed by atoms with E-state index < -0.39 is 0 Å². The Labute approximate surface area is 98.8 Å². The van der Waals surface area contributed by atoms with Crippen molar-refractivity contribution in [1.29, 1.82) is 0 Å². The van der Waals surface area contributed by atoms with Crippen LogP contribution < -0.4 is 5.73 Å². The van der Waals surface area contributed by atoms with E-state index in [4.69, 9.17) is 5.73 Å². The average Bonchev–Trinajstić information content (AvgIpc) is 2.67. The lowest BCUT2D eigenvalue weighted by atomic mass is 9.62. The summed E-state index contributed by atoms with van der Waals surface area (Å²) in [4.78, 5) is 0. The second kappa shape index (κ2) is 3.58. The molecule has 3 rings (SSSR count). The summed E-state index contributed by atoms with van der Waals surface area (Å²) in [5.74, 6) is 0.306. The number of benzene rings is 1. The number of anilines is 1. The predicted octanol–water partition coefficient (Wildman–Crippen LogP) is 2.60. The molecule has 1 aromatic carbocycles. The lowest BCUT2D eigenvalue weighted by Gasteiger charge is -2.41. The van der Waals surface area contributed by atoms with Crippen molar-refractivity contribution in [2.24, 2.45) is 0 Å². The molecule has 0 amide bonds. The Hall–Kier alpha value is -1.84. The Morgan fingerprint density at radius 1 is 1.24 bits per heavy atom. The summed E-state index contributed by atoms with van der Waals surface area (Å²) < 4.78 is 13.0. The van der Waals surface area contributed by atoms with Gasteiger partial charge in [0.15, 0.2) is 0 Å². The first-order valence-corrected chi connectivity index (χ1v) is 5.78. The molecule has 0 aliphatic heterocycles. The molecule has 1 fully saturated rings. The Kier molecular flexibility index (Phi) is 2.18. The first-order chi connectivity index (χ1) is 8.21. The zero-order valence-electron chi connectivity index (χ0n) is 9.41. The maximum atomic E-state index is 13.0. The van der Waals surface area contributed by atoms with Gasteiger partial charge in [-0.15, -0.1) is 0 Å². The number of hydrogen-bond acceptors (Lipinski definition) is 2. The van der Waals surface area contributed by atoms with E-state index in [1.165, 1.54) is 18.6 Å². The highest BCUT2D eigenvalue weighted by atomic mass is 19.1. The highest BCUT2D eigenvalue weighted by Crippen LogP contribution is 2.48. The van der Waals surface area contributed by atoms with E-state index in [1.807, 2.05) is 18.2 Å². The third-order valence-electron chi connectivity index (χ3n) is 3.72. The number of halogens is 1. The molecule has 17 heavy (non-hydrogen) atoms. The number of hydrogen-bond donors (Lipinski definition) is 2. The van der Waals surface area contributed by atoms with Gasteiger partial charge in [0.25, 0.3) is 0 Å². The van der Waals surface area contributed by atoms with E-state index in [9.17, 15) is 4.39 Å². The standard InChI is InChI=1S/C13H14FN3/c14-10-4-2-9(3-5-10)13(6-1-7-13)11-8-12(15)17-16-11/h2-5,8H,1,6-7H2,(H3,15,16,17). The van der Waals surface area contributed by atoms with Crippen molar-refractivity contribution in [3.8, 4) is 0 Å². The number of nitrogen functional groups attached to an aromatic ring is 1. The molecule has 3 nitrogen and oxygen atoms in total. The van der Waals surface area contributed by atoms with Crippen LogP contribution in [-0.2, 0) is 5.41 Å². The normalized spacial score (nSPS) is 17.7. The molecule has 88 valence electrons. The third-order valence-corrected chi connectivity index (χ3v) is 3.72. The van der Waals surface area contributed by atoms with Gasteiger partial charge in [0.1, 0.15) is 11.6 Å². The van der Waals surface area contributed by atoms with Gasteiger partial charge in [0, 0.05) is 17.2 Å². The largest absolute Gasteiger partial charge is 0.382 e. The summed E-state index contributed by atoms with van der Waals surface area (Å²) in [6.45, 7) is 0. The molecule has 3 N–H and O–H groups in total. The highest BCUT2D eigenvalue weighted by molar-refractivity contribution is 5.42. The van der Waals surface area contributed by atoms with Gasteiger partial charge >= 0.3 is 0 Å². The Morgan fingerprint density at radius 3 is 2.41 bits per heavy atom. The molecule has 1 aliphatic carbocycles. The molecule has 0 unspecified atom stereocenters. The van der Waals surface area contributed by atoms with Crippen molar-refractivity contribution in [3.05, 3.63) is 47.4 Å². The number of H-pyrrole nitrogens is 1. The van der Waals surface area contributed by atoms with Crippen molar-refractivity contribution < 1.29 is 4.39 Å². The van der Waals surface area contributed by atoms with Gasteiger partial charge in [-0.3, -0.25) is 5.10 Å². The minimum absolute atomic E-state index is 0.0433. The fourth-order valence-corrected chi connectivity index (χ4v) is 2.60. The summed E-state index contributed by atoms with van der Waals surface area (Å²) in [5, 5.41) is 6.98. The maximum absolute atomic E-state index is 13.0. The quantitative estimate of drug-likeness (QED) is 0.834. The van der Waals surface area contributed by atoms with Crippen LogP contribution in [0.25, 0.3) is 0 Å². The number of aromatic nitrogens is 2. The van der Waals surface area contributed by atoms with Crippen molar-refractivity contribution >= 4 is 5.82 Å². The molecule has 1 aromatic heterocycles. The lowest BCUT2D eigenvalue weighted by Crippen LogP contribution is -2.35. The highest BCUT2D eigenvalue weighted by Gasteiger charge is 2.41. The molecule has 0 bridgehead atoms. The molecule has 0 saturated heterocycles. The smallest absolute Gasteiger partial charge is 0.145 e. The van der Waals surface area contributed by atoms with E-state index >= 15 is 0 Å². The number of rotatable bonds is 2. The van der Waals surface area contributed by atoms with Crippen LogP contribution in [0.1, 0.15) is 30.5 Å². The van der Waals surface area contributed by atoms with Crippen molar-refractivity contribution in [2.75, 3.05) is 5.73 Å². The van der Waals surface area contributed by atoms with Crippen LogP contribution in [-0.4, -0.2) is 10.2 Å². The van der Waals surface area contributed by atoms with E-state index in [-0.39, 0.29) is 11.2 Å². The van der Waals surface area contributed by atoms with Gasteiger partial charge < -0.3 is 5.73 Å². The minimum Gasteiger partial charge on any atom is -0.382 e. The fourth-order valence-electron chi connectivity index (χ4n) is 2.60. The predicted molar refractivity (Wildman–Crippen MR) is 64.0 cm³/mol. The topological polar surface area (TPSA) is 54.7 Å². The minimum atomic E-state index is -0.202. The summed E-state index contributed by atoms with van der Waals surface area (Å²) in [7, 11) is 0. The third kappa shape index (κ3) is 1.52. The molecule has 1 saturated carbocycles. The van der Waals surface area contributed by atoms with Crippen LogP contribution in [0.15, 0.2) is 30.3 Å². The summed E-state index contributed by atoms with van der Waals surface area (Å²) in [6.07, 6.45) is 3.29. The molecule has 0 spiro atoms. The summed E-state index contributed by atoms with van der Waals surface area (Å²) in [6, 6.07) is 8.60. The zero-order valence-corrected chi connectivity index (χ0v) is 9.41. The van der Waals surface area contributed by atoms with E-state index in [0.29, 0.717) is 5.82 Å². The molecule has 2 aromatic rings. The van der Waals surface area contributed by atoms with Gasteiger partial charge in [-0.2, -0.15) is 5.10 Å². The van der Waals surface area contributed by atoms with Crippen LogP contribution in [0.4, 0.5) is 10.2 Å². The maximum Gasteiger partial charge on any atom is 0.145 e. The number of nitrogens with two attached hydrogens (primary N) is 1. The van der Waals surface area contributed by atoms with Crippen LogP contribution >= 0.6 is 0 Å². The SMILES string of the molecule is Nc1cc(C2(c3ccc(F)cc3)CCC2)[nH]n1. The molecule has 1 aliphatic rings. The number of nitrogens with zero attached hydrogens (tertiary/aromatic N) is 1. The van der Waals surface area contributed by atoms with Crippen LogP contribution in [0.2, 0.25) is 0 Å². The summed E-state index contributed by atoms with van der Waals surface area (Å²) in [5.41, 5.74) is 7.78. The van der Waals surface area contributed by atoms with Gasteiger partial charge in [-0.1, -0.05) is 18.6 Å². The van der Waals surface area contributed by atoms with Crippen molar-refractivity contribution in [3.63, 3.8) is 0 Å². The van der Waals surface area contributed by atoms with E-state index in [1.54, 1.807) is 0 Å². The van der Waals surface area contributed by atoms with Crippen molar-refractivity contribution in [2.45, 2.75) is 24.7 Å². The second-order valence-electron chi connectivity index (χ2n) is 4.65. The molecule has 1 heterocycles. The van der Waals surface area contributed by atoms with Crippen LogP contribution in [0.5, 0.6) is 0 Å². The Morgan fingerprint density at radius 2 is 1.94 bits per heavy atom. The van der Waals surface area contributed by atoms with Gasteiger partial charge in [0.2, 0.25) is 0 Å². The first kappa shape index (κ1) is 10.3. The summed E-state index contributed by atoms with van der Waals surface area (Å²) >= 11 is 0. The fraction of sp³-hybridized carbons (Fsp3) is 0.308. The van der Waals surface area contributed by atoms with Crippen LogP contribution in [0.3, 0.4) is 0 Å². The van der Waals surface area contributed by atoms with E-state index in [2.05, 4.69) is 10.2 Å². The van der Waals surface area contributed by atoms with Gasteiger partial charge in [-0.05, 0) is 30.5 Å². The molecule has 0 atom stereocenters. The van der Waals surface area contributed by atoms with Gasteiger partial charge in [0.05, 0.1) is 0 Å². The average molecular weight is 231 g/mol. The van der Waals surface area contributed by atoms with E-state index in [0.717, 1.165) is 24.1 Å². The monoisotopic (exact) mass is 231 g/mol. The number of aromatic amines is 1. The first-order valence-electron chi connectivity index (χ1n) is 5.78. The molecular formula is C13H14FN3. The number of nitrogens with one attached hydrogen (secondary N) is 1. The lowest BCUT2D eigenvalue weighted by molar-refractivity contribution is 0.293. The second-order valence-corrected chi connectivity index (χ2v) is 4.65. The van der Waals surface area contributed by atoms with Crippen LogP contribution in [0, 0.1) is 5.82 Å². The molecular weight excluding hydrogens is 217 g/mol. The van der Waals surface area contributed by atoms with Crippen molar-refractivity contribution in [1.82, 2.24) is 10.2 Å². The van der Waals surface area contributed by atoms with Gasteiger partial charge in [-0.25, -0.2) is 4.39 Å². The molecule has 4 heteroatoms.